The number of carbonyl (C=O) groups is 2. The normalized spacial score (nSPS) is 21.1. The smallest absolute Gasteiger partial charge is 0.228 e. The number of fused-ring (bicyclic) bond motifs is 1. The van der Waals surface area contributed by atoms with Crippen molar-refractivity contribution in [1.82, 2.24) is 10.2 Å². The SMILES string of the molecule is CC(C)CN1C[C@@H](C(=O)NCc2cccs2)C[C@@H](C(=O)Nc2ccc3c(c2)CCC3)C1. The van der Waals surface area contributed by atoms with Gasteiger partial charge in [-0.3, -0.25) is 9.59 Å². The molecule has 0 saturated carbocycles. The molecule has 2 heterocycles. The minimum Gasteiger partial charge on any atom is -0.351 e. The van der Waals surface area contributed by atoms with Gasteiger partial charge in [-0.25, -0.2) is 0 Å². The van der Waals surface area contributed by atoms with Crippen molar-refractivity contribution < 1.29 is 9.59 Å². The van der Waals surface area contributed by atoms with Crippen LogP contribution in [-0.2, 0) is 29.0 Å². The number of nitrogens with one attached hydrogen (secondary N) is 2. The van der Waals surface area contributed by atoms with E-state index in [1.807, 2.05) is 23.6 Å². The third-order valence-electron chi connectivity index (χ3n) is 6.27. The number of benzene rings is 1. The number of anilines is 1. The van der Waals surface area contributed by atoms with E-state index < -0.39 is 0 Å². The summed E-state index contributed by atoms with van der Waals surface area (Å²) < 4.78 is 0. The number of piperidine rings is 1. The molecule has 1 aliphatic carbocycles. The van der Waals surface area contributed by atoms with E-state index in [0.29, 0.717) is 25.4 Å². The van der Waals surface area contributed by atoms with Gasteiger partial charge in [0.1, 0.15) is 0 Å². The van der Waals surface area contributed by atoms with E-state index >= 15 is 0 Å². The maximum Gasteiger partial charge on any atom is 0.228 e. The van der Waals surface area contributed by atoms with Gasteiger partial charge in [-0.2, -0.15) is 0 Å². The van der Waals surface area contributed by atoms with Crippen LogP contribution in [0.25, 0.3) is 0 Å². The highest BCUT2D eigenvalue weighted by atomic mass is 32.1. The topological polar surface area (TPSA) is 61.4 Å². The van der Waals surface area contributed by atoms with Gasteiger partial charge < -0.3 is 15.5 Å². The average molecular weight is 440 g/mol. The van der Waals surface area contributed by atoms with Gasteiger partial charge in [0.2, 0.25) is 11.8 Å². The molecule has 31 heavy (non-hydrogen) atoms. The molecule has 1 aromatic heterocycles. The zero-order valence-electron chi connectivity index (χ0n) is 18.5. The average Bonchev–Trinajstić information content (AvgIpc) is 3.42. The zero-order chi connectivity index (χ0) is 21.8. The quantitative estimate of drug-likeness (QED) is 0.683. The second-order valence-electron chi connectivity index (χ2n) is 9.37. The van der Waals surface area contributed by atoms with Gasteiger partial charge in [-0.05, 0) is 66.3 Å². The van der Waals surface area contributed by atoms with Crippen molar-refractivity contribution in [3.8, 4) is 0 Å². The Labute approximate surface area is 189 Å². The second kappa shape index (κ2) is 9.96. The lowest BCUT2D eigenvalue weighted by Crippen LogP contribution is -2.50. The Morgan fingerprint density at radius 2 is 1.87 bits per heavy atom. The first-order chi connectivity index (χ1) is 15.0. The van der Waals surface area contributed by atoms with Crippen molar-refractivity contribution in [2.24, 2.45) is 17.8 Å². The van der Waals surface area contributed by atoms with Crippen LogP contribution in [0.4, 0.5) is 5.69 Å². The third-order valence-corrected chi connectivity index (χ3v) is 7.15. The lowest BCUT2D eigenvalue weighted by atomic mass is 9.87. The zero-order valence-corrected chi connectivity index (χ0v) is 19.3. The Morgan fingerprint density at radius 1 is 1.10 bits per heavy atom. The van der Waals surface area contributed by atoms with Gasteiger partial charge in [-0.15, -0.1) is 11.3 Å². The fourth-order valence-corrected chi connectivity index (χ4v) is 5.51. The van der Waals surface area contributed by atoms with Crippen molar-refractivity contribution in [2.75, 3.05) is 25.0 Å². The molecule has 1 aliphatic heterocycles. The largest absolute Gasteiger partial charge is 0.351 e. The number of rotatable bonds is 7. The fraction of sp³-hybridized carbons (Fsp3) is 0.520. The molecular weight excluding hydrogens is 406 g/mol. The van der Waals surface area contributed by atoms with E-state index in [2.05, 4.69) is 41.5 Å². The van der Waals surface area contributed by atoms with Crippen molar-refractivity contribution in [2.45, 2.75) is 46.1 Å². The van der Waals surface area contributed by atoms with E-state index in [0.717, 1.165) is 36.5 Å². The summed E-state index contributed by atoms with van der Waals surface area (Å²) in [5.74, 6) is 0.231. The number of amides is 2. The van der Waals surface area contributed by atoms with E-state index in [4.69, 9.17) is 0 Å². The summed E-state index contributed by atoms with van der Waals surface area (Å²) in [6, 6.07) is 10.3. The lowest BCUT2D eigenvalue weighted by Gasteiger charge is -2.37. The maximum atomic E-state index is 13.1. The van der Waals surface area contributed by atoms with Crippen LogP contribution in [0.15, 0.2) is 35.7 Å². The fourth-order valence-electron chi connectivity index (χ4n) is 4.86. The number of nitrogens with zero attached hydrogens (tertiary/aromatic N) is 1. The minimum atomic E-state index is -0.182. The van der Waals surface area contributed by atoms with Gasteiger partial charge in [0.15, 0.2) is 0 Å². The Bertz CT molecular complexity index is 909. The number of aryl methyl sites for hydroxylation is 2. The molecule has 0 radical (unpaired) electrons. The van der Waals surface area contributed by atoms with Crippen molar-refractivity contribution in [3.63, 3.8) is 0 Å². The molecule has 1 saturated heterocycles. The van der Waals surface area contributed by atoms with Crippen LogP contribution in [0.5, 0.6) is 0 Å². The third kappa shape index (κ3) is 5.74. The summed E-state index contributed by atoms with van der Waals surface area (Å²) in [6.45, 7) is 7.25. The summed E-state index contributed by atoms with van der Waals surface area (Å²) in [5.41, 5.74) is 3.64. The summed E-state index contributed by atoms with van der Waals surface area (Å²) in [5, 5.41) is 8.23. The van der Waals surface area contributed by atoms with Crippen LogP contribution in [0.1, 0.15) is 42.7 Å². The molecule has 4 rings (SSSR count). The van der Waals surface area contributed by atoms with Crippen molar-refractivity contribution >= 4 is 28.8 Å². The van der Waals surface area contributed by atoms with Gasteiger partial charge >= 0.3 is 0 Å². The molecule has 5 nitrogen and oxygen atoms in total. The highest BCUT2D eigenvalue weighted by molar-refractivity contribution is 7.09. The lowest BCUT2D eigenvalue weighted by molar-refractivity contribution is -0.130. The van der Waals surface area contributed by atoms with Gasteiger partial charge in [0.05, 0.1) is 18.4 Å². The van der Waals surface area contributed by atoms with Gasteiger partial charge in [0.25, 0.3) is 0 Å². The predicted octanol–water partition coefficient (Wildman–Crippen LogP) is 4.09. The van der Waals surface area contributed by atoms with Crippen LogP contribution in [0.2, 0.25) is 0 Å². The number of carbonyl (C=O) groups excluding carboxylic acids is 2. The molecule has 166 valence electrons. The Kier molecular flexibility index (Phi) is 7.08. The van der Waals surface area contributed by atoms with Crippen molar-refractivity contribution in [3.05, 3.63) is 51.7 Å². The van der Waals surface area contributed by atoms with E-state index in [-0.39, 0.29) is 23.7 Å². The first-order valence-corrected chi connectivity index (χ1v) is 12.3. The number of likely N-dealkylation sites (tertiary alicyclic amines) is 1. The summed E-state index contributed by atoms with van der Waals surface area (Å²) in [4.78, 5) is 29.5. The van der Waals surface area contributed by atoms with Crippen LogP contribution < -0.4 is 10.6 Å². The molecule has 1 fully saturated rings. The summed E-state index contributed by atoms with van der Waals surface area (Å²) >= 11 is 1.65. The molecule has 2 amide bonds. The molecule has 2 N–H and O–H groups in total. The monoisotopic (exact) mass is 439 g/mol. The van der Waals surface area contributed by atoms with Crippen LogP contribution >= 0.6 is 11.3 Å². The molecule has 0 bridgehead atoms. The highest BCUT2D eigenvalue weighted by Gasteiger charge is 2.35. The first-order valence-electron chi connectivity index (χ1n) is 11.4. The molecule has 0 spiro atoms. The number of hydrogen-bond donors (Lipinski definition) is 2. The number of hydrogen-bond acceptors (Lipinski definition) is 4. The standard InChI is InChI=1S/C25H33N3O2S/c1-17(2)14-28-15-20(24(29)26-13-23-7-4-10-31-23)11-21(16-28)25(30)27-22-9-8-18-5-3-6-19(18)12-22/h4,7-10,12,17,20-21H,3,5-6,11,13-16H2,1-2H3,(H,26,29)(H,27,30)/t20-,21+/m0/s1. The van der Waals surface area contributed by atoms with E-state index in [1.54, 1.807) is 11.3 Å². The van der Waals surface area contributed by atoms with E-state index in [9.17, 15) is 9.59 Å². The first kappa shape index (κ1) is 22.0. The highest BCUT2D eigenvalue weighted by Crippen LogP contribution is 2.27. The van der Waals surface area contributed by atoms with Crippen molar-refractivity contribution in [1.29, 1.82) is 0 Å². The molecular formula is C25H33N3O2S. The summed E-state index contributed by atoms with van der Waals surface area (Å²) in [6.07, 6.45) is 4.03. The van der Waals surface area contributed by atoms with Crippen LogP contribution in [0, 0.1) is 17.8 Å². The Morgan fingerprint density at radius 3 is 2.61 bits per heavy atom. The summed E-state index contributed by atoms with van der Waals surface area (Å²) in [7, 11) is 0. The van der Waals surface area contributed by atoms with Gasteiger partial charge in [0, 0.05) is 30.2 Å². The molecule has 2 atom stereocenters. The number of thiophene rings is 1. The van der Waals surface area contributed by atoms with E-state index in [1.165, 1.54) is 17.5 Å². The predicted molar refractivity (Wildman–Crippen MR) is 126 cm³/mol. The van der Waals surface area contributed by atoms with Crippen LogP contribution in [-0.4, -0.2) is 36.3 Å². The second-order valence-corrected chi connectivity index (χ2v) is 10.4. The molecule has 0 unspecified atom stereocenters. The maximum absolute atomic E-state index is 13.1. The molecule has 1 aromatic carbocycles. The molecule has 2 aliphatic rings. The molecule has 6 heteroatoms. The molecule has 2 aromatic rings. The Balaban J connectivity index is 1.41. The Hall–Kier alpha value is -2.18. The minimum absolute atomic E-state index is 0.0301. The van der Waals surface area contributed by atoms with Crippen LogP contribution in [0.3, 0.4) is 0 Å². The van der Waals surface area contributed by atoms with Gasteiger partial charge in [-0.1, -0.05) is 26.0 Å².